The molecule has 2 saturated carbocycles. The van der Waals surface area contributed by atoms with Crippen molar-refractivity contribution in [2.24, 2.45) is 28.7 Å². The molecule has 3 rings (SSSR count). The van der Waals surface area contributed by atoms with Crippen LogP contribution in [-0.4, -0.2) is 50.0 Å². The largest absolute Gasteiger partial charge is 0.359 e. The highest BCUT2D eigenvalue weighted by Crippen LogP contribution is 2.49. The minimum atomic E-state index is 0. The number of nitrogens with one attached hydrogen (secondary N) is 2. The average molecular weight is 462 g/mol. The van der Waals surface area contributed by atoms with E-state index in [0.29, 0.717) is 12.3 Å². The lowest BCUT2D eigenvalue weighted by atomic mass is 9.93. The van der Waals surface area contributed by atoms with Crippen LogP contribution in [-0.2, 0) is 4.79 Å². The highest BCUT2D eigenvalue weighted by molar-refractivity contribution is 14.0. The van der Waals surface area contributed by atoms with Crippen molar-refractivity contribution in [3.8, 4) is 0 Å². The Morgan fingerprint density at radius 1 is 1.12 bits per heavy atom. The molecule has 3 fully saturated rings. The summed E-state index contributed by atoms with van der Waals surface area (Å²) in [5, 5.41) is 6.23. The SMILES string of the molecule is CCNC(=NCC(C1CC1)C1CC1)N1CCC(CC(=O)NC)CC1.I. The first kappa shape index (κ1) is 20.8. The van der Waals surface area contributed by atoms with Crippen molar-refractivity contribution >= 4 is 35.8 Å². The van der Waals surface area contributed by atoms with Crippen molar-refractivity contribution in [2.45, 2.75) is 51.9 Å². The first-order valence-corrected chi connectivity index (χ1v) is 9.95. The third kappa shape index (κ3) is 6.29. The molecule has 2 aliphatic carbocycles. The lowest BCUT2D eigenvalue weighted by Gasteiger charge is -2.34. The summed E-state index contributed by atoms with van der Waals surface area (Å²) in [5.41, 5.74) is 0. The third-order valence-electron chi connectivity index (χ3n) is 5.91. The predicted octanol–water partition coefficient (Wildman–Crippen LogP) is 2.85. The fraction of sp³-hybridized carbons (Fsp3) is 0.895. The highest BCUT2D eigenvalue weighted by atomic mass is 127. The Labute approximate surface area is 169 Å². The standard InChI is InChI=1S/C19H34N4O.HI/c1-3-21-19(22-13-17(15-4-5-15)16-6-7-16)23-10-8-14(9-11-23)12-18(24)20-2;/h14-17H,3-13H2,1-2H3,(H,20,24)(H,21,22);1H. The van der Waals surface area contributed by atoms with Crippen LogP contribution in [0, 0.1) is 23.7 Å². The second-order valence-electron chi connectivity index (χ2n) is 7.84. The number of halogens is 1. The Hall–Kier alpha value is -0.530. The minimum absolute atomic E-state index is 0. The van der Waals surface area contributed by atoms with Crippen LogP contribution in [0.25, 0.3) is 0 Å². The number of aliphatic imine (C=N–C) groups is 1. The van der Waals surface area contributed by atoms with E-state index in [4.69, 9.17) is 4.99 Å². The topological polar surface area (TPSA) is 56.7 Å². The zero-order valence-electron chi connectivity index (χ0n) is 15.8. The normalized spacial score (nSPS) is 21.9. The Kier molecular flexibility index (Phi) is 8.29. The quantitative estimate of drug-likeness (QED) is 0.348. The van der Waals surface area contributed by atoms with Crippen LogP contribution in [0.3, 0.4) is 0 Å². The van der Waals surface area contributed by atoms with E-state index >= 15 is 0 Å². The van der Waals surface area contributed by atoms with E-state index in [1.54, 1.807) is 7.05 Å². The molecule has 0 spiro atoms. The summed E-state index contributed by atoms with van der Waals surface area (Å²) >= 11 is 0. The van der Waals surface area contributed by atoms with E-state index in [9.17, 15) is 4.79 Å². The Morgan fingerprint density at radius 2 is 1.72 bits per heavy atom. The lowest BCUT2D eigenvalue weighted by molar-refractivity contribution is -0.121. The van der Waals surface area contributed by atoms with E-state index in [1.165, 1.54) is 25.7 Å². The molecule has 3 aliphatic rings. The number of nitrogens with zero attached hydrogens (tertiary/aromatic N) is 2. The highest BCUT2D eigenvalue weighted by Gasteiger charge is 2.41. The van der Waals surface area contributed by atoms with Gasteiger partial charge >= 0.3 is 0 Å². The number of guanidine groups is 1. The summed E-state index contributed by atoms with van der Waals surface area (Å²) in [6, 6.07) is 0. The van der Waals surface area contributed by atoms with Crippen LogP contribution in [0.1, 0.15) is 51.9 Å². The average Bonchev–Trinajstić information content (AvgIpc) is 3.48. The summed E-state index contributed by atoms with van der Waals surface area (Å²) in [5.74, 6) is 4.55. The molecule has 0 bridgehead atoms. The van der Waals surface area contributed by atoms with Gasteiger partial charge in [0.05, 0.1) is 0 Å². The zero-order chi connectivity index (χ0) is 16.9. The van der Waals surface area contributed by atoms with Crippen molar-refractivity contribution in [3.63, 3.8) is 0 Å². The summed E-state index contributed by atoms with van der Waals surface area (Å²) in [6.45, 7) is 6.12. The molecule has 1 aliphatic heterocycles. The van der Waals surface area contributed by atoms with Gasteiger partial charge in [-0.2, -0.15) is 0 Å². The van der Waals surface area contributed by atoms with E-state index in [0.717, 1.165) is 62.7 Å². The summed E-state index contributed by atoms with van der Waals surface area (Å²) < 4.78 is 0. The van der Waals surface area contributed by atoms with Crippen molar-refractivity contribution in [1.82, 2.24) is 15.5 Å². The molecule has 1 amide bonds. The lowest BCUT2D eigenvalue weighted by Crippen LogP contribution is -2.46. The molecule has 144 valence electrons. The van der Waals surface area contributed by atoms with Crippen molar-refractivity contribution in [2.75, 3.05) is 33.2 Å². The molecule has 2 N–H and O–H groups in total. The molecule has 0 aromatic carbocycles. The van der Waals surface area contributed by atoms with Gasteiger partial charge in [-0.15, -0.1) is 24.0 Å². The van der Waals surface area contributed by atoms with Gasteiger partial charge in [-0.3, -0.25) is 9.79 Å². The maximum absolute atomic E-state index is 11.6. The molecule has 0 unspecified atom stereocenters. The zero-order valence-corrected chi connectivity index (χ0v) is 18.1. The first-order chi connectivity index (χ1) is 11.7. The second kappa shape index (κ2) is 9.97. The molecular weight excluding hydrogens is 427 g/mol. The van der Waals surface area contributed by atoms with Crippen molar-refractivity contribution in [1.29, 1.82) is 0 Å². The number of carbonyl (C=O) groups excluding carboxylic acids is 1. The van der Waals surface area contributed by atoms with Crippen LogP contribution in [0.15, 0.2) is 4.99 Å². The van der Waals surface area contributed by atoms with E-state index in [2.05, 4.69) is 22.5 Å². The summed E-state index contributed by atoms with van der Waals surface area (Å²) in [6.07, 6.45) is 8.56. The van der Waals surface area contributed by atoms with Crippen LogP contribution >= 0.6 is 24.0 Å². The molecule has 0 radical (unpaired) electrons. The number of hydrogen-bond donors (Lipinski definition) is 2. The smallest absolute Gasteiger partial charge is 0.220 e. The van der Waals surface area contributed by atoms with Gasteiger partial charge in [-0.1, -0.05) is 0 Å². The molecule has 25 heavy (non-hydrogen) atoms. The number of hydrogen-bond acceptors (Lipinski definition) is 2. The second-order valence-corrected chi connectivity index (χ2v) is 7.84. The number of amides is 1. The fourth-order valence-corrected chi connectivity index (χ4v) is 4.06. The maximum Gasteiger partial charge on any atom is 0.220 e. The van der Waals surface area contributed by atoms with E-state index in [-0.39, 0.29) is 29.9 Å². The molecule has 0 aromatic rings. The fourth-order valence-electron chi connectivity index (χ4n) is 4.06. The van der Waals surface area contributed by atoms with Gasteiger partial charge in [0.1, 0.15) is 0 Å². The molecule has 0 aromatic heterocycles. The van der Waals surface area contributed by atoms with Gasteiger partial charge < -0.3 is 15.5 Å². The number of carbonyl (C=O) groups is 1. The van der Waals surface area contributed by atoms with E-state index < -0.39 is 0 Å². The summed E-state index contributed by atoms with van der Waals surface area (Å²) in [4.78, 5) is 19.0. The molecule has 5 nitrogen and oxygen atoms in total. The van der Waals surface area contributed by atoms with E-state index in [1.807, 2.05) is 0 Å². The van der Waals surface area contributed by atoms with Gasteiger partial charge in [0.2, 0.25) is 5.91 Å². The molecule has 1 heterocycles. The molecule has 1 saturated heterocycles. The predicted molar refractivity (Wildman–Crippen MR) is 113 cm³/mol. The van der Waals surface area contributed by atoms with Gasteiger partial charge in [0.25, 0.3) is 0 Å². The molecule has 0 atom stereocenters. The van der Waals surface area contributed by atoms with Crippen LogP contribution in [0.5, 0.6) is 0 Å². The van der Waals surface area contributed by atoms with Crippen molar-refractivity contribution in [3.05, 3.63) is 0 Å². The maximum atomic E-state index is 11.6. The van der Waals surface area contributed by atoms with Crippen LogP contribution in [0.2, 0.25) is 0 Å². The summed E-state index contributed by atoms with van der Waals surface area (Å²) in [7, 11) is 1.73. The first-order valence-electron chi connectivity index (χ1n) is 9.95. The van der Waals surface area contributed by atoms with Gasteiger partial charge in [-0.05, 0) is 69.1 Å². The van der Waals surface area contributed by atoms with Gasteiger partial charge in [0.15, 0.2) is 5.96 Å². The number of likely N-dealkylation sites (tertiary alicyclic amines) is 1. The van der Waals surface area contributed by atoms with Crippen molar-refractivity contribution < 1.29 is 4.79 Å². The molecular formula is C19H35IN4O. The van der Waals surface area contributed by atoms with Crippen LogP contribution < -0.4 is 10.6 Å². The monoisotopic (exact) mass is 462 g/mol. The number of piperidine rings is 1. The van der Waals surface area contributed by atoms with Crippen LogP contribution in [0.4, 0.5) is 0 Å². The van der Waals surface area contributed by atoms with Gasteiger partial charge in [0, 0.05) is 39.6 Å². The minimum Gasteiger partial charge on any atom is -0.359 e. The van der Waals surface area contributed by atoms with Gasteiger partial charge in [-0.25, -0.2) is 0 Å². The Morgan fingerprint density at radius 3 is 2.20 bits per heavy atom. The molecule has 6 heteroatoms. The third-order valence-corrected chi connectivity index (χ3v) is 5.91. The Balaban J connectivity index is 0.00000225. The number of rotatable bonds is 7. The Bertz CT molecular complexity index is 442.